The van der Waals surface area contributed by atoms with Gasteiger partial charge in [0, 0.05) is 37.5 Å². The van der Waals surface area contributed by atoms with Crippen molar-refractivity contribution in [1.82, 2.24) is 25.9 Å². The fraction of sp³-hybridized carbons (Fsp3) is 1.00. The van der Waals surface area contributed by atoms with Crippen LogP contribution in [0.5, 0.6) is 0 Å². The average Bonchev–Trinajstić information content (AvgIpc) is 3.46. The lowest BCUT2D eigenvalue weighted by Gasteiger charge is -2.40. The van der Waals surface area contributed by atoms with E-state index < -0.39 is 0 Å². The van der Waals surface area contributed by atoms with Crippen LogP contribution in [0.25, 0.3) is 0 Å². The lowest BCUT2D eigenvalue weighted by Crippen LogP contribution is -2.57. The molecule has 4 heterocycles. The van der Waals surface area contributed by atoms with E-state index in [9.17, 15) is 0 Å². The summed E-state index contributed by atoms with van der Waals surface area (Å²) in [5.74, 6) is 1.38. The second kappa shape index (κ2) is 10.3. The third-order valence-electron chi connectivity index (χ3n) is 8.08. The van der Waals surface area contributed by atoms with Crippen LogP contribution in [-0.2, 0) is 9.57 Å². The van der Waals surface area contributed by atoms with Gasteiger partial charge < -0.3 is 10.1 Å². The third kappa shape index (κ3) is 5.15. The van der Waals surface area contributed by atoms with E-state index >= 15 is 0 Å². The number of hydrogen-bond donors (Lipinski definition) is 3. The Kier molecular flexibility index (Phi) is 7.50. The number of morpholine rings is 1. The molecule has 0 aromatic carbocycles. The molecule has 7 nitrogen and oxygen atoms in total. The number of hydrogen-bond acceptors (Lipinski definition) is 7. The fourth-order valence-corrected chi connectivity index (χ4v) is 6.47. The summed E-state index contributed by atoms with van der Waals surface area (Å²) in [6.07, 6.45) is 10.8. The van der Waals surface area contributed by atoms with Crippen molar-refractivity contribution in [2.24, 2.45) is 11.8 Å². The van der Waals surface area contributed by atoms with Gasteiger partial charge in [0.2, 0.25) is 0 Å². The highest BCUT2D eigenvalue weighted by Gasteiger charge is 2.41. The lowest BCUT2D eigenvalue weighted by molar-refractivity contribution is -0.0288. The first-order chi connectivity index (χ1) is 14.8. The van der Waals surface area contributed by atoms with Crippen LogP contribution in [0.1, 0.15) is 51.4 Å². The molecule has 4 aliphatic heterocycles. The zero-order chi connectivity index (χ0) is 20.3. The van der Waals surface area contributed by atoms with Crippen molar-refractivity contribution < 1.29 is 9.57 Å². The first kappa shape index (κ1) is 21.8. The van der Waals surface area contributed by atoms with Crippen molar-refractivity contribution in [1.29, 1.82) is 0 Å². The topological polar surface area (TPSA) is 61.0 Å². The standard InChI is InChI=1S/C22H40ClN5O2/c23-18-6-3-16(4-7-18)15-28-9-1-2-19(28)22-25-21(26-30-22)17-5-8-20(24-14-17)27-10-12-29-13-11-27/h16-22,24-26H,1-15H2/t16?,17?,18?,19-,20?,21?,22?/m0/s1. The summed E-state index contributed by atoms with van der Waals surface area (Å²) in [5, 5.41) is 7.99. The maximum atomic E-state index is 6.31. The smallest absolute Gasteiger partial charge is 0.146 e. The Labute approximate surface area is 186 Å². The Morgan fingerprint density at radius 2 is 1.77 bits per heavy atom. The highest BCUT2D eigenvalue weighted by Crippen LogP contribution is 2.32. The average molecular weight is 442 g/mol. The zero-order valence-corrected chi connectivity index (χ0v) is 19.0. The van der Waals surface area contributed by atoms with Gasteiger partial charge in [0.25, 0.3) is 0 Å². The van der Waals surface area contributed by atoms with E-state index in [1.807, 2.05) is 0 Å². The number of hydroxylamine groups is 1. The van der Waals surface area contributed by atoms with Crippen LogP contribution in [0.4, 0.5) is 0 Å². The van der Waals surface area contributed by atoms with Crippen LogP contribution in [0.3, 0.4) is 0 Å². The van der Waals surface area contributed by atoms with E-state index in [1.165, 1.54) is 64.5 Å². The van der Waals surface area contributed by atoms with Crippen LogP contribution in [0.2, 0.25) is 0 Å². The number of halogens is 1. The van der Waals surface area contributed by atoms with Crippen LogP contribution in [0, 0.1) is 11.8 Å². The number of rotatable bonds is 5. The zero-order valence-electron chi connectivity index (χ0n) is 18.2. The Balaban J connectivity index is 1.08. The lowest BCUT2D eigenvalue weighted by atomic mass is 9.88. The molecule has 0 bridgehead atoms. The van der Waals surface area contributed by atoms with Crippen molar-refractivity contribution >= 4 is 11.6 Å². The molecule has 5 rings (SSSR count). The highest BCUT2D eigenvalue weighted by atomic mass is 35.5. The van der Waals surface area contributed by atoms with Gasteiger partial charge >= 0.3 is 0 Å². The molecule has 5 atom stereocenters. The molecular formula is C22H40ClN5O2. The number of alkyl halides is 1. The quantitative estimate of drug-likeness (QED) is 0.561. The van der Waals surface area contributed by atoms with E-state index in [0.29, 0.717) is 23.5 Å². The van der Waals surface area contributed by atoms with Gasteiger partial charge in [-0.05, 0) is 63.8 Å². The summed E-state index contributed by atoms with van der Waals surface area (Å²) in [6.45, 7) is 7.31. The summed E-state index contributed by atoms with van der Waals surface area (Å²) >= 11 is 6.31. The summed E-state index contributed by atoms with van der Waals surface area (Å²) < 4.78 is 5.50. The van der Waals surface area contributed by atoms with Crippen molar-refractivity contribution in [2.75, 3.05) is 45.9 Å². The van der Waals surface area contributed by atoms with Crippen LogP contribution in [-0.4, -0.2) is 85.7 Å². The van der Waals surface area contributed by atoms with Gasteiger partial charge in [-0.3, -0.25) is 20.0 Å². The maximum absolute atomic E-state index is 6.31. The fourth-order valence-electron chi connectivity index (χ4n) is 6.22. The van der Waals surface area contributed by atoms with Gasteiger partial charge in [-0.25, -0.2) is 0 Å². The number of likely N-dealkylation sites (tertiary alicyclic amines) is 1. The predicted octanol–water partition coefficient (Wildman–Crippen LogP) is 1.68. The maximum Gasteiger partial charge on any atom is 0.146 e. The van der Waals surface area contributed by atoms with E-state index in [2.05, 4.69) is 25.9 Å². The Morgan fingerprint density at radius 3 is 2.53 bits per heavy atom. The van der Waals surface area contributed by atoms with Gasteiger partial charge in [0.1, 0.15) is 6.23 Å². The van der Waals surface area contributed by atoms with Crippen molar-refractivity contribution in [2.45, 2.75) is 81.3 Å². The van der Waals surface area contributed by atoms with Crippen molar-refractivity contribution in [3.05, 3.63) is 0 Å². The Morgan fingerprint density at radius 1 is 0.933 bits per heavy atom. The summed E-state index contributed by atoms with van der Waals surface area (Å²) in [5.41, 5.74) is 3.35. The van der Waals surface area contributed by atoms with Crippen LogP contribution < -0.4 is 16.1 Å². The van der Waals surface area contributed by atoms with Crippen molar-refractivity contribution in [3.8, 4) is 0 Å². The first-order valence-electron chi connectivity index (χ1n) is 12.4. The highest BCUT2D eigenvalue weighted by molar-refractivity contribution is 6.20. The number of piperidine rings is 1. The SMILES string of the molecule is ClC1CCC(CN2CCC[C@H]2C2NC(C3CCC(N4CCOCC4)NC3)NO2)CC1. The molecule has 4 unspecified atom stereocenters. The molecule has 5 fully saturated rings. The predicted molar refractivity (Wildman–Crippen MR) is 118 cm³/mol. The Bertz CT molecular complexity index is 536. The molecule has 4 saturated heterocycles. The number of nitrogens with zero attached hydrogens (tertiary/aromatic N) is 2. The molecule has 0 spiro atoms. The molecule has 3 N–H and O–H groups in total. The molecule has 0 amide bonds. The van der Waals surface area contributed by atoms with Crippen molar-refractivity contribution in [3.63, 3.8) is 0 Å². The molecule has 172 valence electrons. The van der Waals surface area contributed by atoms with Crippen LogP contribution in [0.15, 0.2) is 0 Å². The monoisotopic (exact) mass is 441 g/mol. The second-order valence-electron chi connectivity index (χ2n) is 10.0. The normalized spacial score (nSPS) is 44.5. The van der Waals surface area contributed by atoms with Gasteiger partial charge in [-0.2, -0.15) is 5.48 Å². The Hall–Kier alpha value is 0.01000. The largest absolute Gasteiger partial charge is 0.379 e. The van der Waals surface area contributed by atoms with Gasteiger partial charge in [-0.1, -0.05) is 0 Å². The molecule has 1 aliphatic carbocycles. The van der Waals surface area contributed by atoms with Gasteiger partial charge in [0.15, 0.2) is 0 Å². The summed E-state index contributed by atoms with van der Waals surface area (Å²) in [6, 6.07) is 0.494. The van der Waals surface area contributed by atoms with E-state index in [4.69, 9.17) is 21.2 Å². The second-order valence-corrected chi connectivity index (χ2v) is 10.7. The van der Waals surface area contributed by atoms with E-state index in [1.54, 1.807) is 0 Å². The first-order valence-corrected chi connectivity index (χ1v) is 12.8. The summed E-state index contributed by atoms with van der Waals surface area (Å²) in [7, 11) is 0. The van der Waals surface area contributed by atoms with Gasteiger partial charge in [-0.15, -0.1) is 11.6 Å². The molecule has 0 aromatic heterocycles. The molecule has 8 heteroatoms. The molecule has 30 heavy (non-hydrogen) atoms. The number of ether oxygens (including phenoxy) is 1. The van der Waals surface area contributed by atoms with Gasteiger partial charge in [0.05, 0.1) is 31.6 Å². The minimum absolute atomic E-state index is 0.110. The van der Waals surface area contributed by atoms with E-state index in [0.717, 1.165) is 38.8 Å². The molecule has 0 aromatic rings. The minimum Gasteiger partial charge on any atom is -0.379 e. The molecule has 0 radical (unpaired) electrons. The third-order valence-corrected chi connectivity index (χ3v) is 8.52. The van der Waals surface area contributed by atoms with Crippen LogP contribution >= 0.6 is 11.6 Å². The molecule has 5 aliphatic rings. The minimum atomic E-state index is 0.110. The number of nitrogens with one attached hydrogen (secondary N) is 3. The molecular weight excluding hydrogens is 402 g/mol. The molecule has 1 saturated carbocycles. The summed E-state index contributed by atoms with van der Waals surface area (Å²) in [4.78, 5) is 11.3. The van der Waals surface area contributed by atoms with E-state index in [-0.39, 0.29) is 12.4 Å².